The van der Waals surface area contributed by atoms with Crippen LogP contribution in [0.25, 0.3) is 10.2 Å². The van der Waals surface area contributed by atoms with E-state index in [1.54, 1.807) is 17.4 Å². The molecule has 0 radical (unpaired) electrons. The monoisotopic (exact) mass is 302 g/mol. The Bertz CT molecular complexity index is 827. The number of nitrogens with zero attached hydrogens (tertiary/aromatic N) is 1. The van der Waals surface area contributed by atoms with Gasteiger partial charge in [0.1, 0.15) is 5.69 Å². The smallest absolute Gasteiger partial charge is 0.270 e. The summed E-state index contributed by atoms with van der Waals surface area (Å²) in [6.45, 7) is 1.35. The summed E-state index contributed by atoms with van der Waals surface area (Å²) in [4.78, 5) is 28.7. The molecule has 1 saturated heterocycles. The van der Waals surface area contributed by atoms with Gasteiger partial charge in [-0.15, -0.1) is 11.3 Å². The molecule has 0 saturated carbocycles. The van der Waals surface area contributed by atoms with Gasteiger partial charge >= 0.3 is 0 Å². The number of thiophene rings is 1. The zero-order valence-electron chi connectivity index (χ0n) is 11.2. The number of amides is 1. The highest BCUT2D eigenvalue weighted by Crippen LogP contribution is 2.27. The minimum atomic E-state index is -0.126. The van der Waals surface area contributed by atoms with E-state index >= 15 is 0 Å². The predicted octanol–water partition coefficient (Wildman–Crippen LogP) is 1.88. The van der Waals surface area contributed by atoms with Gasteiger partial charge in [0.25, 0.3) is 11.5 Å². The quantitative estimate of drug-likeness (QED) is 0.675. The van der Waals surface area contributed by atoms with Gasteiger partial charge in [0, 0.05) is 30.8 Å². The van der Waals surface area contributed by atoms with Gasteiger partial charge in [-0.1, -0.05) is 0 Å². The lowest BCUT2D eigenvalue weighted by molar-refractivity contribution is 0.0786. The van der Waals surface area contributed by atoms with Crippen molar-refractivity contribution in [3.8, 4) is 0 Å². The van der Waals surface area contributed by atoms with E-state index in [4.69, 9.17) is 0 Å². The van der Waals surface area contributed by atoms with Crippen LogP contribution in [0.15, 0.2) is 28.4 Å². The zero-order chi connectivity index (χ0) is 14.4. The second kappa shape index (κ2) is 4.63. The third kappa shape index (κ3) is 2.09. The Balaban J connectivity index is 1.53. The summed E-state index contributed by atoms with van der Waals surface area (Å²) in [7, 11) is 0. The number of carbonyl (C=O) groups excluding carboxylic acids is 1. The standard InChI is InChI=1S/C14H14N4O2S/c19-13-6-10(16-17-13)8-1-3-18(7-8)14(20)11-5-12-9(15-11)2-4-21-12/h2,4-6,8,15H,1,3,7H2,(H2,16,17,19). The van der Waals surface area contributed by atoms with E-state index < -0.39 is 0 Å². The summed E-state index contributed by atoms with van der Waals surface area (Å²) < 4.78 is 1.10. The Morgan fingerprint density at radius 3 is 3.00 bits per heavy atom. The van der Waals surface area contributed by atoms with Crippen LogP contribution in [0.5, 0.6) is 0 Å². The van der Waals surface area contributed by atoms with Crippen molar-refractivity contribution in [1.29, 1.82) is 0 Å². The molecule has 108 valence electrons. The first kappa shape index (κ1) is 12.5. The summed E-state index contributed by atoms with van der Waals surface area (Å²) in [5, 5.41) is 7.43. The molecule has 3 aromatic heterocycles. The molecule has 0 spiro atoms. The van der Waals surface area contributed by atoms with Crippen LogP contribution < -0.4 is 5.56 Å². The molecule has 4 rings (SSSR count). The molecule has 1 amide bonds. The predicted molar refractivity (Wildman–Crippen MR) is 80.9 cm³/mol. The van der Waals surface area contributed by atoms with Gasteiger partial charge in [0.05, 0.1) is 10.2 Å². The number of H-pyrrole nitrogens is 3. The van der Waals surface area contributed by atoms with Crippen molar-refractivity contribution in [2.45, 2.75) is 12.3 Å². The molecular weight excluding hydrogens is 288 g/mol. The number of fused-ring (bicyclic) bond motifs is 1. The van der Waals surface area contributed by atoms with Gasteiger partial charge in [0.2, 0.25) is 0 Å². The summed E-state index contributed by atoms with van der Waals surface area (Å²) in [6, 6.07) is 5.46. The van der Waals surface area contributed by atoms with Gasteiger partial charge in [-0.2, -0.15) is 0 Å². The van der Waals surface area contributed by atoms with Crippen LogP contribution in [0.4, 0.5) is 0 Å². The molecule has 1 unspecified atom stereocenters. The Morgan fingerprint density at radius 2 is 2.24 bits per heavy atom. The Labute approximate surface area is 123 Å². The Morgan fingerprint density at radius 1 is 1.33 bits per heavy atom. The third-order valence-electron chi connectivity index (χ3n) is 4.00. The van der Waals surface area contributed by atoms with E-state index in [1.807, 2.05) is 22.4 Å². The van der Waals surface area contributed by atoms with Crippen molar-refractivity contribution in [2.75, 3.05) is 13.1 Å². The molecule has 4 heterocycles. The molecular formula is C14H14N4O2S. The van der Waals surface area contributed by atoms with Crippen molar-refractivity contribution in [3.63, 3.8) is 0 Å². The summed E-state index contributed by atoms with van der Waals surface area (Å²) in [6.07, 6.45) is 0.870. The van der Waals surface area contributed by atoms with Crippen LogP contribution in [0.1, 0.15) is 28.5 Å². The molecule has 0 aliphatic carbocycles. The maximum atomic E-state index is 12.5. The van der Waals surface area contributed by atoms with E-state index in [0.717, 1.165) is 22.3 Å². The van der Waals surface area contributed by atoms with Crippen LogP contribution in [-0.2, 0) is 0 Å². The van der Waals surface area contributed by atoms with E-state index in [2.05, 4.69) is 15.2 Å². The fourth-order valence-electron chi connectivity index (χ4n) is 2.90. The van der Waals surface area contributed by atoms with Gasteiger partial charge in [0.15, 0.2) is 0 Å². The largest absolute Gasteiger partial charge is 0.350 e. The normalized spacial score (nSPS) is 18.7. The lowest BCUT2D eigenvalue weighted by Crippen LogP contribution is -2.28. The van der Waals surface area contributed by atoms with Gasteiger partial charge in [-0.05, 0) is 23.9 Å². The number of aromatic nitrogens is 3. The maximum Gasteiger partial charge on any atom is 0.270 e. The highest BCUT2D eigenvalue weighted by atomic mass is 32.1. The molecule has 1 fully saturated rings. The summed E-state index contributed by atoms with van der Waals surface area (Å²) in [5.74, 6) is 0.225. The number of rotatable bonds is 2. The first-order valence-electron chi connectivity index (χ1n) is 6.84. The lowest BCUT2D eigenvalue weighted by atomic mass is 10.1. The fourth-order valence-corrected chi connectivity index (χ4v) is 3.68. The van der Waals surface area contributed by atoms with Crippen LogP contribution in [0.3, 0.4) is 0 Å². The molecule has 6 nitrogen and oxygen atoms in total. The van der Waals surface area contributed by atoms with E-state index in [9.17, 15) is 9.59 Å². The molecule has 21 heavy (non-hydrogen) atoms. The molecule has 3 aromatic rings. The molecule has 3 N–H and O–H groups in total. The van der Waals surface area contributed by atoms with Crippen LogP contribution in [0.2, 0.25) is 0 Å². The lowest BCUT2D eigenvalue weighted by Gasteiger charge is -2.15. The van der Waals surface area contributed by atoms with Crippen molar-refractivity contribution in [2.24, 2.45) is 0 Å². The molecule has 0 bridgehead atoms. The van der Waals surface area contributed by atoms with Crippen LogP contribution in [0, 0.1) is 0 Å². The van der Waals surface area contributed by atoms with Crippen molar-refractivity contribution >= 4 is 27.5 Å². The number of carbonyl (C=O) groups is 1. The fraction of sp³-hybridized carbons (Fsp3) is 0.286. The van der Waals surface area contributed by atoms with Crippen molar-refractivity contribution in [1.82, 2.24) is 20.1 Å². The number of nitrogens with one attached hydrogen (secondary N) is 3. The van der Waals surface area contributed by atoms with Gasteiger partial charge in [-0.25, -0.2) is 0 Å². The third-order valence-corrected chi connectivity index (χ3v) is 4.87. The first-order valence-corrected chi connectivity index (χ1v) is 7.72. The van der Waals surface area contributed by atoms with E-state index in [-0.39, 0.29) is 17.4 Å². The topological polar surface area (TPSA) is 84.8 Å². The highest BCUT2D eigenvalue weighted by molar-refractivity contribution is 7.17. The maximum absolute atomic E-state index is 12.5. The van der Waals surface area contributed by atoms with Crippen LogP contribution in [-0.4, -0.2) is 39.1 Å². The Kier molecular flexibility index (Phi) is 2.75. The summed E-state index contributed by atoms with van der Waals surface area (Å²) >= 11 is 1.62. The van der Waals surface area contributed by atoms with Gasteiger partial charge in [-0.3, -0.25) is 14.7 Å². The highest BCUT2D eigenvalue weighted by Gasteiger charge is 2.29. The summed E-state index contributed by atoms with van der Waals surface area (Å²) in [5.41, 5.74) is 2.40. The van der Waals surface area contributed by atoms with Crippen molar-refractivity contribution < 1.29 is 4.79 Å². The Hall–Kier alpha value is -2.28. The average Bonchev–Trinajstić information content (AvgIpc) is 3.20. The number of aromatic amines is 3. The van der Waals surface area contributed by atoms with Crippen LogP contribution >= 0.6 is 11.3 Å². The average molecular weight is 302 g/mol. The first-order chi connectivity index (χ1) is 10.2. The second-order valence-corrected chi connectivity index (χ2v) is 6.28. The molecule has 1 atom stereocenters. The number of hydrogen-bond acceptors (Lipinski definition) is 3. The minimum absolute atomic E-state index is 0.0267. The van der Waals surface area contributed by atoms with Crippen molar-refractivity contribution in [3.05, 3.63) is 45.3 Å². The molecule has 7 heteroatoms. The molecule has 1 aliphatic rings. The SMILES string of the molecule is O=C(c1cc2sccc2[nH]1)N1CCC(c2cc(=O)[nH][nH]2)C1. The van der Waals surface area contributed by atoms with E-state index in [1.165, 1.54) is 0 Å². The number of hydrogen-bond donors (Lipinski definition) is 3. The zero-order valence-corrected chi connectivity index (χ0v) is 12.0. The molecule has 1 aliphatic heterocycles. The van der Waals surface area contributed by atoms with E-state index in [0.29, 0.717) is 18.8 Å². The second-order valence-electron chi connectivity index (χ2n) is 5.33. The minimum Gasteiger partial charge on any atom is -0.350 e. The van der Waals surface area contributed by atoms with Gasteiger partial charge < -0.3 is 15.0 Å². The molecule has 0 aromatic carbocycles. The number of likely N-dealkylation sites (tertiary alicyclic amines) is 1.